The topological polar surface area (TPSA) is 3.24 Å². The van der Waals surface area contributed by atoms with Crippen LogP contribution in [0.2, 0.25) is 0 Å². The van der Waals surface area contributed by atoms with Crippen LogP contribution in [0.15, 0.2) is 237 Å². The van der Waals surface area contributed by atoms with Gasteiger partial charge < -0.3 is 4.90 Å². The SMILES string of the molecule is C=C/C=C\C=C(/C=C)N(c1ccc(C)cc1C)c1ccc2c3c(-c4ccccc4)c4c5ccc(C)c6cccc(c4c(-c4ccccc4)c3c3cccc1c32)c65.CC.CC.Cc1ccc(C)cc1.Cc1ccccc1C. The minimum absolute atomic E-state index is 0.986. The van der Waals surface area contributed by atoms with E-state index in [0.29, 0.717) is 0 Å². The maximum Gasteiger partial charge on any atom is 0.0540 e. The molecule has 378 valence electrons. The summed E-state index contributed by atoms with van der Waals surface area (Å²) in [6, 6.07) is 68.8. The van der Waals surface area contributed by atoms with Gasteiger partial charge in [0.15, 0.2) is 0 Å². The number of benzene rings is 10. The Morgan fingerprint density at radius 3 is 1.24 bits per heavy atom. The summed E-state index contributed by atoms with van der Waals surface area (Å²) in [6.07, 6.45) is 9.88. The van der Waals surface area contributed by atoms with Crippen molar-refractivity contribution in [1.82, 2.24) is 0 Å². The van der Waals surface area contributed by atoms with Crippen molar-refractivity contribution in [2.75, 3.05) is 4.90 Å². The highest BCUT2D eigenvalue weighted by atomic mass is 15.1. The molecule has 0 saturated heterocycles. The minimum Gasteiger partial charge on any atom is -0.310 e. The van der Waals surface area contributed by atoms with Crippen molar-refractivity contribution < 1.29 is 0 Å². The molecule has 0 N–H and O–H groups in total. The zero-order valence-electron chi connectivity index (χ0n) is 46.6. The fourth-order valence-electron chi connectivity index (χ4n) is 10.8. The van der Waals surface area contributed by atoms with Crippen LogP contribution in [0.1, 0.15) is 66.6 Å². The van der Waals surface area contributed by atoms with E-state index in [1.807, 2.05) is 45.9 Å². The summed E-state index contributed by atoms with van der Waals surface area (Å²) in [5.74, 6) is 0. The highest BCUT2D eigenvalue weighted by Crippen LogP contribution is 2.56. The predicted octanol–water partition coefficient (Wildman–Crippen LogP) is 22.4. The standard InChI is InChI=1S/C55H41N.2C8H10.2C2H6/c1-6-8-11-22-39(7-2)56(46-31-27-34(3)33-36(46)5)47-32-30-45-51-41(47)24-17-26-43(51)53-48(37-18-12-9-13-19-37)52-42-25-16-23-40-35(4)28-29-44(50(40)42)54(52)49(55(45)53)38-20-14-10-15-21-38;1-7-3-5-8(2)6-4-7;1-7-5-3-4-6-8(7)2;2*1-2/h6-33H,1-2H2,3-5H3;2*3-6H,1-2H3;2*1-2H3/b11-8-,39-22+;;;;. The maximum absolute atomic E-state index is 4.31. The summed E-state index contributed by atoms with van der Waals surface area (Å²) in [7, 11) is 0. The van der Waals surface area contributed by atoms with E-state index in [-0.39, 0.29) is 0 Å². The van der Waals surface area contributed by atoms with Gasteiger partial charge in [0.1, 0.15) is 0 Å². The Morgan fingerprint density at radius 2 is 0.763 bits per heavy atom. The molecule has 0 amide bonds. The second kappa shape index (κ2) is 24.2. The van der Waals surface area contributed by atoms with Crippen LogP contribution in [0.4, 0.5) is 11.4 Å². The zero-order valence-corrected chi connectivity index (χ0v) is 46.6. The lowest BCUT2D eigenvalue weighted by atomic mass is 9.87. The van der Waals surface area contributed by atoms with E-state index in [4.69, 9.17) is 0 Å². The molecule has 0 fully saturated rings. The second-order valence-electron chi connectivity index (χ2n) is 19.3. The molecule has 0 unspecified atom stereocenters. The molecule has 76 heavy (non-hydrogen) atoms. The molecule has 1 heteroatoms. The fraction of sp³-hybridized carbons (Fsp3) is 0.147. The molecule has 0 aliphatic heterocycles. The Kier molecular flexibility index (Phi) is 17.1. The minimum atomic E-state index is 0.986. The van der Waals surface area contributed by atoms with Crippen LogP contribution < -0.4 is 4.90 Å². The molecule has 0 aliphatic rings. The van der Waals surface area contributed by atoms with Gasteiger partial charge in [0.25, 0.3) is 0 Å². The van der Waals surface area contributed by atoms with Gasteiger partial charge in [-0.2, -0.15) is 0 Å². The zero-order chi connectivity index (χ0) is 54.0. The Hall–Kier alpha value is -8.52. The number of hydrogen-bond acceptors (Lipinski definition) is 1. The van der Waals surface area contributed by atoms with E-state index in [0.717, 1.165) is 17.1 Å². The Bertz CT molecular complexity index is 3860. The third-order valence-corrected chi connectivity index (χ3v) is 14.4. The molecular weight excluding hydrogens is 915 g/mol. The normalized spacial score (nSPS) is 11.2. The third-order valence-electron chi connectivity index (χ3n) is 14.4. The van der Waals surface area contributed by atoms with Crippen molar-refractivity contribution in [2.45, 2.75) is 76.2 Å². The molecule has 0 atom stereocenters. The number of allylic oxidation sites excluding steroid dienone is 5. The quantitative estimate of drug-likeness (QED) is 0.137. The first-order valence-electron chi connectivity index (χ1n) is 27.1. The van der Waals surface area contributed by atoms with Crippen LogP contribution in [0.3, 0.4) is 0 Å². The van der Waals surface area contributed by atoms with Crippen molar-refractivity contribution in [3.63, 3.8) is 0 Å². The molecule has 12 aromatic carbocycles. The largest absolute Gasteiger partial charge is 0.310 e. The number of nitrogens with zero attached hydrogens (tertiary/aromatic N) is 1. The molecule has 0 saturated carbocycles. The van der Waals surface area contributed by atoms with E-state index in [9.17, 15) is 0 Å². The van der Waals surface area contributed by atoms with Crippen molar-refractivity contribution >= 4 is 76.0 Å². The Morgan fingerprint density at radius 1 is 0.342 bits per heavy atom. The number of anilines is 2. The highest BCUT2D eigenvalue weighted by molar-refractivity contribution is 6.47. The van der Waals surface area contributed by atoms with Crippen LogP contribution in [-0.4, -0.2) is 0 Å². The molecule has 0 bridgehead atoms. The smallest absolute Gasteiger partial charge is 0.0540 e. The lowest BCUT2D eigenvalue weighted by Crippen LogP contribution is -2.16. The maximum atomic E-state index is 4.31. The molecule has 0 radical (unpaired) electrons. The van der Waals surface area contributed by atoms with Gasteiger partial charge in [-0.25, -0.2) is 0 Å². The number of rotatable bonds is 8. The second-order valence-corrected chi connectivity index (χ2v) is 19.3. The molecule has 1 nitrogen and oxygen atoms in total. The fourth-order valence-corrected chi connectivity index (χ4v) is 10.8. The van der Waals surface area contributed by atoms with Crippen molar-refractivity contribution in [3.8, 4) is 22.3 Å². The van der Waals surface area contributed by atoms with E-state index < -0.39 is 0 Å². The first-order chi connectivity index (χ1) is 37.1. The van der Waals surface area contributed by atoms with E-state index >= 15 is 0 Å². The monoisotopic (exact) mass is 988 g/mol. The van der Waals surface area contributed by atoms with Crippen LogP contribution in [0, 0.1) is 48.5 Å². The number of fused-ring (bicyclic) bond motifs is 6. The lowest BCUT2D eigenvalue weighted by Gasteiger charge is -2.29. The van der Waals surface area contributed by atoms with Gasteiger partial charge in [0.05, 0.1) is 5.69 Å². The van der Waals surface area contributed by atoms with Crippen molar-refractivity contribution in [1.29, 1.82) is 0 Å². The first kappa shape index (κ1) is 53.8. The van der Waals surface area contributed by atoms with Gasteiger partial charge in [-0.3, -0.25) is 0 Å². The van der Waals surface area contributed by atoms with Gasteiger partial charge in [-0.15, -0.1) is 0 Å². The molecule has 12 rings (SSSR count). The highest BCUT2D eigenvalue weighted by Gasteiger charge is 2.29. The van der Waals surface area contributed by atoms with E-state index in [1.165, 1.54) is 126 Å². The van der Waals surface area contributed by atoms with Crippen molar-refractivity contribution in [2.24, 2.45) is 0 Å². The summed E-state index contributed by atoms with van der Waals surface area (Å²) in [6.45, 7) is 31.2. The van der Waals surface area contributed by atoms with E-state index in [1.54, 1.807) is 6.08 Å². The molecular formula is C75H73N. The van der Waals surface area contributed by atoms with Crippen molar-refractivity contribution in [3.05, 3.63) is 276 Å². The first-order valence-corrected chi connectivity index (χ1v) is 27.1. The lowest BCUT2D eigenvalue weighted by molar-refractivity contribution is 1.19. The van der Waals surface area contributed by atoms with Crippen LogP contribution in [0.25, 0.3) is 86.9 Å². The summed E-state index contributed by atoms with van der Waals surface area (Å²) in [5.41, 5.74) is 17.4. The average Bonchev–Trinajstić information content (AvgIpc) is 4.18. The van der Waals surface area contributed by atoms with E-state index in [2.05, 4.69) is 261 Å². The average molecular weight is 988 g/mol. The molecule has 0 aliphatic carbocycles. The van der Waals surface area contributed by atoms with Gasteiger partial charge >= 0.3 is 0 Å². The summed E-state index contributed by atoms with van der Waals surface area (Å²) < 4.78 is 0. The van der Waals surface area contributed by atoms with Gasteiger partial charge in [-0.05, 0) is 177 Å². The molecule has 12 aromatic rings. The van der Waals surface area contributed by atoms with Crippen LogP contribution in [0.5, 0.6) is 0 Å². The number of hydrogen-bond donors (Lipinski definition) is 0. The molecule has 0 spiro atoms. The van der Waals surface area contributed by atoms with Gasteiger partial charge in [-0.1, -0.05) is 252 Å². The summed E-state index contributed by atoms with van der Waals surface area (Å²) >= 11 is 0. The van der Waals surface area contributed by atoms with Gasteiger partial charge in [0, 0.05) is 16.8 Å². The number of aryl methyl sites for hydroxylation is 7. The van der Waals surface area contributed by atoms with Crippen LogP contribution >= 0.6 is 0 Å². The summed E-state index contributed by atoms with van der Waals surface area (Å²) in [4.78, 5) is 2.37. The third kappa shape index (κ3) is 10.3. The van der Waals surface area contributed by atoms with Gasteiger partial charge in [0.2, 0.25) is 0 Å². The Balaban J connectivity index is 0.000000324. The summed E-state index contributed by atoms with van der Waals surface area (Å²) in [5, 5.41) is 15.6. The predicted molar refractivity (Wildman–Crippen MR) is 340 cm³/mol. The molecule has 0 aromatic heterocycles. The molecule has 0 heterocycles. The Labute approximate surface area is 453 Å². The van der Waals surface area contributed by atoms with Crippen LogP contribution in [-0.2, 0) is 0 Å².